The molecule has 0 bridgehead atoms. The van der Waals surface area contributed by atoms with Gasteiger partial charge in [0.05, 0.1) is 23.9 Å². The largest absolute Gasteiger partial charge is 0.415 e. The van der Waals surface area contributed by atoms with Gasteiger partial charge in [-0.15, -0.1) is 0 Å². The van der Waals surface area contributed by atoms with Crippen molar-refractivity contribution in [2.24, 2.45) is 5.92 Å². The molecule has 4 atom stereocenters. The normalized spacial score (nSPS) is 36.0. The highest BCUT2D eigenvalue weighted by Gasteiger charge is 2.58. The third-order valence-corrected chi connectivity index (χ3v) is 6.81. The van der Waals surface area contributed by atoms with E-state index in [4.69, 9.17) is 13.6 Å². The second kappa shape index (κ2) is 5.44. The Morgan fingerprint density at radius 3 is 2.24 bits per heavy atom. The van der Waals surface area contributed by atoms with E-state index in [1.54, 1.807) is 0 Å². The molecule has 0 amide bonds. The fourth-order valence-corrected chi connectivity index (χ4v) is 5.83. The number of hydrogen-bond donors (Lipinski definition) is 0. The van der Waals surface area contributed by atoms with Gasteiger partial charge in [-0.2, -0.15) is 0 Å². The van der Waals surface area contributed by atoms with Crippen molar-refractivity contribution >= 4 is 16.6 Å². The van der Waals surface area contributed by atoms with E-state index in [1.807, 2.05) is 0 Å². The van der Waals surface area contributed by atoms with Crippen molar-refractivity contribution in [2.45, 2.75) is 89.7 Å². The van der Waals surface area contributed by atoms with Crippen LogP contribution in [-0.2, 0) is 13.6 Å². The predicted molar refractivity (Wildman–Crippen MR) is 92.8 cm³/mol. The van der Waals surface area contributed by atoms with Gasteiger partial charge in [-0.25, -0.2) is 0 Å². The van der Waals surface area contributed by atoms with Gasteiger partial charge < -0.3 is 13.6 Å². The number of fused-ring (bicyclic) bond motifs is 1. The molecular formula is C16H34O3Si2. The van der Waals surface area contributed by atoms with Gasteiger partial charge in [0, 0.05) is 0 Å². The fraction of sp³-hybridized carbons (Fsp3) is 1.00. The third kappa shape index (κ3) is 4.64. The van der Waals surface area contributed by atoms with E-state index in [0.717, 1.165) is 13.0 Å². The zero-order valence-corrected chi connectivity index (χ0v) is 17.2. The van der Waals surface area contributed by atoms with Crippen molar-refractivity contribution in [3.63, 3.8) is 0 Å². The van der Waals surface area contributed by atoms with E-state index in [9.17, 15) is 0 Å². The van der Waals surface area contributed by atoms with Crippen LogP contribution in [0.2, 0.25) is 39.3 Å². The summed E-state index contributed by atoms with van der Waals surface area (Å²) in [5.74, 6) is 0.557. The first-order chi connectivity index (χ1) is 9.33. The molecule has 1 aliphatic heterocycles. The standard InChI is InChI=1S/C16H34O3Si2/c1-15-10-9-13(11-14(15)18-15)16(2,19-21(6,7)8)12-17-20(3,4)5/h13-14H,9-12H2,1-8H3. The third-order valence-electron chi connectivity index (χ3n) is 4.72. The maximum atomic E-state index is 6.64. The van der Waals surface area contributed by atoms with E-state index < -0.39 is 16.6 Å². The minimum atomic E-state index is -1.61. The molecule has 1 heterocycles. The summed E-state index contributed by atoms with van der Waals surface area (Å²) in [6, 6.07) is 0. The Kier molecular flexibility index (Phi) is 4.58. The van der Waals surface area contributed by atoms with E-state index in [-0.39, 0.29) is 11.2 Å². The lowest BCUT2D eigenvalue weighted by atomic mass is 9.75. The Balaban J connectivity index is 2.07. The topological polar surface area (TPSA) is 31.0 Å². The summed E-state index contributed by atoms with van der Waals surface area (Å²) in [6.45, 7) is 18.9. The van der Waals surface area contributed by atoms with E-state index in [0.29, 0.717) is 12.0 Å². The summed E-state index contributed by atoms with van der Waals surface area (Å²) < 4.78 is 18.8. The molecule has 5 heteroatoms. The average Bonchev–Trinajstić information content (AvgIpc) is 2.94. The van der Waals surface area contributed by atoms with Crippen LogP contribution in [0.15, 0.2) is 0 Å². The van der Waals surface area contributed by atoms with Crippen molar-refractivity contribution in [3.8, 4) is 0 Å². The van der Waals surface area contributed by atoms with Gasteiger partial charge in [0.2, 0.25) is 0 Å². The van der Waals surface area contributed by atoms with Crippen LogP contribution in [0.5, 0.6) is 0 Å². The van der Waals surface area contributed by atoms with Crippen molar-refractivity contribution < 1.29 is 13.6 Å². The Labute approximate surface area is 133 Å². The van der Waals surface area contributed by atoms with Crippen LogP contribution in [0.25, 0.3) is 0 Å². The molecule has 0 N–H and O–H groups in total. The Bertz CT molecular complexity index is 388. The molecule has 124 valence electrons. The summed E-state index contributed by atoms with van der Waals surface area (Å²) in [4.78, 5) is 0. The minimum Gasteiger partial charge on any atom is -0.415 e. The molecule has 2 fully saturated rings. The second-order valence-electron chi connectivity index (χ2n) is 9.32. The van der Waals surface area contributed by atoms with Crippen LogP contribution in [0.3, 0.4) is 0 Å². The predicted octanol–water partition coefficient (Wildman–Crippen LogP) is 4.41. The monoisotopic (exact) mass is 330 g/mol. The molecule has 1 saturated carbocycles. The highest BCUT2D eigenvalue weighted by Crippen LogP contribution is 2.52. The lowest BCUT2D eigenvalue weighted by molar-refractivity contribution is -0.0363. The average molecular weight is 331 g/mol. The first kappa shape index (κ1) is 17.7. The number of hydrogen-bond acceptors (Lipinski definition) is 3. The number of rotatable bonds is 6. The number of epoxide rings is 1. The lowest BCUT2D eigenvalue weighted by Gasteiger charge is -2.44. The Hall–Kier alpha value is 0.314. The molecule has 0 aromatic carbocycles. The quantitative estimate of drug-likeness (QED) is 0.534. The van der Waals surface area contributed by atoms with Crippen LogP contribution in [0, 0.1) is 5.92 Å². The Morgan fingerprint density at radius 1 is 1.14 bits per heavy atom. The van der Waals surface area contributed by atoms with Gasteiger partial charge in [-0.3, -0.25) is 0 Å². The first-order valence-electron chi connectivity index (χ1n) is 8.35. The van der Waals surface area contributed by atoms with Gasteiger partial charge in [-0.1, -0.05) is 0 Å². The Morgan fingerprint density at radius 2 is 1.76 bits per heavy atom. The van der Waals surface area contributed by atoms with E-state index >= 15 is 0 Å². The van der Waals surface area contributed by atoms with Crippen molar-refractivity contribution in [3.05, 3.63) is 0 Å². The molecule has 0 radical (unpaired) electrons. The molecule has 3 nitrogen and oxygen atoms in total. The van der Waals surface area contributed by atoms with Crippen molar-refractivity contribution in [2.75, 3.05) is 6.61 Å². The summed E-state index contributed by atoms with van der Waals surface area (Å²) >= 11 is 0. The summed E-state index contributed by atoms with van der Waals surface area (Å²) in [7, 11) is -3.13. The lowest BCUT2D eigenvalue weighted by Crippen LogP contribution is -2.52. The fourth-order valence-electron chi connectivity index (χ4n) is 3.49. The smallest absolute Gasteiger partial charge is 0.184 e. The minimum absolute atomic E-state index is 0.155. The van der Waals surface area contributed by atoms with Crippen molar-refractivity contribution in [1.29, 1.82) is 0 Å². The molecule has 21 heavy (non-hydrogen) atoms. The van der Waals surface area contributed by atoms with Crippen LogP contribution in [-0.4, -0.2) is 40.5 Å². The molecule has 1 aliphatic carbocycles. The molecule has 2 aliphatic rings. The van der Waals surface area contributed by atoms with Gasteiger partial charge in [0.1, 0.15) is 0 Å². The van der Waals surface area contributed by atoms with Gasteiger partial charge in [-0.05, 0) is 78.3 Å². The first-order valence-corrected chi connectivity index (χ1v) is 15.2. The summed E-state index contributed by atoms with van der Waals surface area (Å²) in [5.41, 5.74) is 0.0221. The number of ether oxygens (including phenoxy) is 1. The molecule has 0 spiro atoms. The van der Waals surface area contributed by atoms with E-state index in [1.165, 1.54) is 12.8 Å². The highest BCUT2D eigenvalue weighted by atomic mass is 28.4. The van der Waals surface area contributed by atoms with Gasteiger partial charge >= 0.3 is 0 Å². The molecule has 0 aromatic rings. The van der Waals surface area contributed by atoms with Gasteiger partial charge in [0.15, 0.2) is 16.6 Å². The molecule has 4 unspecified atom stereocenters. The van der Waals surface area contributed by atoms with Crippen LogP contribution in [0.4, 0.5) is 0 Å². The molecule has 1 saturated heterocycles. The van der Waals surface area contributed by atoms with Gasteiger partial charge in [0.25, 0.3) is 0 Å². The maximum Gasteiger partial charge on any atom is 0.184 e. The zero-order chi connectivity index (χ0) is 16.1. The maximum absolute atomic E-state index is 6.64. The zero-order valence-electron chi connectivity index (χ0n) is 15.2. The molecule has 2 rings (SSSR count). The van der Waals surface area contributed by atoms with Crippen molar-refractivity contribution in [1.82, 2.24) is 0 Å². The highest BCUT2D eigenvalue weighted by molar-refractivity contribution is 6.70. The second-order valence-corrected chi connectivity index (χ2v) is 18.3. The molecule has 0 aromatic heterocycles. The van der Waals surface area contributed by atoms with Crippen LogP contribution < -0.4 is 0 Å². The van der Waals surface area contributed by atoms with E-state index in [2.05, 4.69) is 53.1 Å². The van der Waals surface area contributed by atoms with Crippen LogP contribution >= 0.6 is 0 Å². The SMILES string of the molecule is CC(CO[Si](C)(C)C)(O[Si](C)(C)C)C1CCC2(C)OC2C1. The summed E-state index contributed by atoms with van der Waals surface area (Å²) in [5, 5.41) is 0. The summed E-state index contributed by atoms with van der Waals surface area (Å²) in [6.07, 6.45) is 3.95. The van der Waals surface area contributed by atoms with Crippen LogP contribution in [0.1, 0.15) is 33.1 Å². The molecular weight excluding hydrogens is 296 g/mol.